The van der Waals surface area contributed by atoms with Crippen molar-refractivity contribution >= 4 is 79.2 Å². The average Bonchev–Trinajstić information content (AvgIpc) is 4.05. The number of hydrogen-bond donors (Lipinski definition) is 0. The molecule has 3 unspecified atom stereocenters. The molecule has 1 saturated carbocycles. The fourth-order valence-corrected chi connectivity index (χ4v) is 17.1. The number of allylic oxidation sites excluding steroid dienone is 4. The second-order valence-corrected chi connectivity index (χ2v) is 29.4. The summed E-state index contributed by atoms with van der Waals surface area (Å²) in [5.41, 5.74) is 28.3. The van der Waals surface area contributed by atoms with Crippen LogP contribution in [0.25, 0.3) is 21.9 Å². The summed E-state index contributed by atoms with van der Waals surface area (Å²) >= 11 is 0. The molecule has 0 spiro atoms. The highest BCUT2D eigenvalue weighted by molar-refractivity contribution is 7.00. The molecule has 0 radical (unpaired) electrons. The minimum Gasteiger partial charge on any atom is -0.456 e. The Morgan fingerprint density at radius 2 is 1.17 bits per heavy atom. The SMILES string of the molecule is Cc1cc2c3c(c1)N(c1cccc4oc5ccccc5c14)c1cc(C4C5=C(C=C(C(C)(C)C)CC5)C5(C)CCCCC45C)ccc1B3c1cc3c(cc1N2c1ccc2c(c1)C(C)(C)CCC2(C)C)C(C)(C)CCC3(C)C. The molecule has 3 atom stereocenters. The summed E-state index contributed by atoms with van der Waals surface area (Å²) in [6, 6.07) is 41.5. The van der Waals surface area contributed by atoms with E-state index in [2.05, 4.69) is 216 Å². The molecule has 2 aliphatic heterocycles. The van der Waals surface area contributed by atoms with Gasteiger partial charge >= 0.3 is 0 Å². The molecular formula is C72H81BN2O. The fourth-order valence-electron chi connectivity index (χ4n) is 17.1. The lowest BCUT2D eigenvalue weighted by Gasteiger charge is -2.50. The lowest BCUT2D eigenvalue weighted by molar-refractivity contribution is 0.0554. The predicted octanol–water partition coefficient (Wildman–Crippen LogP) is 18.4. The maximum Gasteiger partial charge on any atom is 0.252 e. The molecule has 1 fully saturated rings. The Morgan fingerprint density at radius 1 is 0.539 bits per heavy atom. The molecule has 1 aromatic heterocycles. The van der Waals surface area contributed by atoms with Crippen LogP contribution in [0.1, 0.15) is 194 Å². The van der Waals surface area contributed by atoms with Gasteiger partial charge in [0.1, 0.15) is 11.2 Å². The van der Waals surface area contributed by atoms with Gasteiger partial charge in [-0.05, 0) is 206 Å². The second kappa shape index (κ2) is 15.7. The summed E-state index contributed by atoms with van der Waals surface area (Å²) < 4.78 is 6.78. The minimum absolute atomic E-state index is 0.0254. The normalized spacial score (nSPS) is 25.3. The van der Waals surface area contributed by atoms with E-state index in [-0.39, 0.29) is 44.6 Å². The van der Waals surface area contributed by atoms with E-state index in [1.807, 2.05) is 0 Å². The molecule has 6 aromatic carbocycles. The lowest BCUT2D eigenvalue weighted by Crippen LogP contribution is -2.62. The van der Waals surface area contributed by atoms with Crippen molar-refractivity contribution in [2.45, 2.75) is 189 Å². The van der Waals surface area contributed by atoms with Crippen molar-refractivity contribution in [3.63, 3.8) is 0 Å². The molecule has 388 valence electrons. The third-order valence-electron chi connectivity index (χ3n) is 22.0. The predicted molar refractivity (Wildman–Crippen MR) is 324 cm³/mol. The van der Waals surface area contributed by atoms with Gasteiger partial charge in [0.25, 0.3) is 6.71 Å². The highest BCUT2D eigenvalue weighted by Gasteiger charge is 2.60. The van der Waals surface area contributed by atoms with Gasteiger partial charge in [0.05, 0.1) is 11.1 Å². The van der Waals surface area contributed by atoms with E-state index in [1.165, 1.54) is 141 Å². The van der Waals surface area contributed by atoms with Gasteiger partial charge in [-0.25, -0.2) is 0 Å². The molecule has 7 aliphatic rings. The summed E-state index contributed by atoms with van der Waals surface area (Å²) in [4.78, 5) is 5.43. The number of para-hydroxylation sites is 1. The summed E-state index contributed by atoms with van der Waals surface area (Å²) in [5, 5.41) is 2.34. The van der Waals surface area contributed by atoms with E-state index in [0.717, 1.165) is 29.4 Å². The number of nitrogens with zero attached hydrogens (tertiary/aromatic N) is 2. The zero-order chi connectivity index (χ0) is 53.0. The van der Waals surface area contributed by atoms with Crippen molar-refractivity contribution in [1.29, 1.82) is 0 Å². The Labute approximate surface area is 455 Å². The standard InChI is InChI=1S/C72H81BN2O/c1-43-36-59-65-60(37-43)75(56-21-19-23-62-63(56)48-20-15-16-22-61(48)76-62)57-38-44(64-47-27-25-45(66(2,3)4)39-50(47)71(13)30-17-18-31-72(64,71)14)24-29-54(57)73(65)55-41-52-53(70(11,12)35-34-69(52,9)10)42-58(55)74(59)46-26-28-49-51(40-46)68(7,8)33-32-67(49,5)6/h15-16,19-24,26,28-29,36-42,64H,17-18,25,27,30-35H2,1-14H3. The van der Waals surface area contributed by atoms with Crippen molar-refractivity contribution in [1.82, 2.24) is 0 Å². The maximum atomic E-state index is 6.78. The number of hydrogen-bond acceptors (Lipinski definition) is 3. The van der Waals surface area contributed by atoms with Crippen molar-refractivity contribution in [2.24, 2.45) is 16.2 Å². The zero-order valence-corrected chi connectivity index (χ0v) is 48.4. The Kier molecular flexibility index (Phi) is 10.1. The van der Waals surface area contributed by atoms with E-state index < -0.39 is 0 Å². The first kappa shape index (κ1) is 48.6. The highest BCUT2D eigenvalue weighted by Crippen LogP contribution is 2.71. The molecule has 14 rings (SSSR count). The Morgan fingerprint density at radius 3 is 1.89 bits per heavy atom. The monoisotopic (exact) mass is 1000 g/mol. The van der Waals surface area contributed by atoms with Crippen LogP contribution in [-0.4, -0.2) is 6.71 Å². The van der Waals surface area contributed by atoms with Crippen LogP contribution in [0.5, 0.6) is 0 Å². The van der Waals surface area contributed by atoms with Gasteiger partial charge in [0, 0.05) is 39.7 Å². The van der Waals surface area contributed by atoms with Crippen LogP contribution in [-0.2, 0) is 21.7 Å². The molecule has 5 aliphatic carbocycles. The smallest absolute Gasteiger partial charge is 0.252 e. The third-order valence-corrected chi connectivity index (χ3v) is 22.0. The first-order valence-corrected chi connectivity index (χ1v) is 29.5. The summed E-state index contributed by atoms with van der Waals surface area (Å²) in [6.07, 6.45) is 14.9. The number of furan rings is 1. The van der Waals surface area contributed by atoms with Crippen molar-refractivity contribution in [2.75, 3.05) is 9.80 Å². The van der Waals surface area contributed by atoms with Crippen molar-refractivity contribution in [3.05, 3.63) is 159 Å². The first-order valence-electron chi connectivity index (χ1n) is 29.5. The van der Waals surface area contributed by atoms with Gasteiger partial charge < -0.3 is 14.2 Å². The molecule has 3 heterocycles. The first-order chi connectivity index (χ1) is 35.9. The number of aryl methyl sites for hydroxylation is 1. The van der Waals surface area contributed by atoms with Gasteiger partial charge in [-0.15, -0.1) is 0 Å². The molecule has 7 aromatic rings. The quantitative estimate of drug-likeness (QED) is 0.164. The summed E-state index contributed by atoms with van der Waals surface area (Å²) in [5.74, 6) is 0.347. The van der Waals surface area contributed by atoms with Crippen LogP contribution in [0.15, 0.2) is 130 Å². The van der Waals surface area contributed by atoms with E-state index in [0.29, 0.717) is 5.92 Å². The van der Waals surface area contributed by atoms with Crippen LogP contribution in [0.2, 0.25) is 0 Å². The number of fused-ring (bicyclic) bond motifs is 11. The molecule has 0 N–H and O–H groups in total. The van der Waals surface area contributed by atoms with Gasteiger partial charge in [0.2, 0.25) is 0 Å². The molecule has 3 nitrogen and oxygen atoms in total. The van der Waals surface area contributed by atoms with E-state index in [4.69, 9.17) is 4.42 Å². The van der Waals surface area contributed by atoms with Gasteiger partial charge in [0.15, 0.2) is 0 Å². The summed E-state index contributed by atoms with van der Waals surface area (Å²) in [6.45, 7) is 34.9. The molecular weight excluding hydrogens is 920 g/mol. The Hall–Kier alpha value is -5.74. The van der Waals surface area contributed by atoms with Gasteiger partial charge in [-0.2, -0.15) is 0 Å². The highest BCUT2D eigenvalue weighted by atomic mass is 16.3. The Balaban J connectivity index is 1.08. The number of benzene rings is 6. The fraction of sp³-hybridized carbons (Fsp3) is 0.444. The maximum absolute atomic E-state index is 6.78. The largest absolute Gasteiger partial charge is 0.456 e. The third kappa shape index (κ3) is 6.60. The van der Waals surface area contributed by atoms with Crippen LogP contribution < -0.4 is 26.2 Å². The van der Waals surface area contributed by atoms with Gasteiger partial charge in [-0.1, -0.05) is 169 Å². The molecule has 76 heavy (non-hydrogen) atoms. The van der Waals surface area contributed by atoms with Crippen LogP contribution in [0.3, 0.4) is 0 Å². The van der Waals surface area contributed by atoms with E-state index >= 15 is 0 Å². The zero-order valence-electron chi connectivity index (χ0n) is 48.4. The lowest BCUT2D eigenvalue weighted by atomic mass is 9.33. The minimum atomic E-state index is 0.0254. The molecule has 0 bridgehead atoms. The number of anilines is 6. The van der Waals surface area contributed by atoms with Crippen LogP contribution in [0, 0.1) is 23.2 Å². The second-order valence-electron chi connectivity index (χ2n) is 29.4. The van der Waals surface area contributed by atoms with Crippen LogP contribution in [0.4, 0.5) is 34.1 Å². The van der Waals surface area contributed by atoms with Crippen LogP contribution >= 0.6 is 0 Å². The summed E-state index contributed by atoms with van der Waals surface area (Å²) in [7, 11) is 0. The molecule has 0 amide bonds. The molecule has 4 heteroatoms. The molecule has 0 saturated heterocycles. The Bertz CT molecular complexity index is 3730. The van der Waals surface area contributed by atoms with E-state index in [1.54, 1.807) is 16.7 Å². The van der Waals surface area contributed by atoms with Crippen molar-refractivity contribution in [3.8, 4) is 0 Å². The number of rotatable bonds is 3. The van der Waals surface area contributed by atoms with E-state index in [9.17, 15) is 0 Å². The van der Waals surface area contributed by atoms with Gasteiger partial charge in [-0.3, -0.25) is 0 Å². The van der Waals surface area contributed by atoms with Crippen molar-refractivity contribution < 1.29 is 4.42 Å². The average molecular weight is 1000 g/mol. The topological polar surface area (TPSA) is 19.6 Å².